The van der Waals surface area contributed by atoms with Gasteiger partial charge < -0.3 is 34.7 Å². The first kappa shape index (κ1) is 27.9. The highest BCUT2D eigenvalue weighted by molar-refractivity contribution is 5.97. The maximum atomic E-state index is 13.0. The van der Waals surface area contributed by atoms with Gasteiger partial charge >= 0.3 is 5.97 Å². The van der Waals surface area contributed by atoms with Gasteiger partial charge in [-0.1, -0.05) is 18.2 Å². The van der Waals surface area contributed by atoms with Gasteiger partial charge in [-0.3, -0.25) is 14.4 Å². The third-order valence-corrected chi connectivity index (χ3v) is 5.56. The Labute approximate surface area is 220 Å². The van der Waals surface area contributed by atoms with Crippen molar-refractivity contribution in [2.75, 3.05) is 21.3 Å². The Balaban J connectivity index is 1.67. The van der Waals surface area contributed by atoms with Crippen LogP contribution in [0, 0.1) is 0 Å². The molecular weight excluding hydrogens is 492 g/mol. The zero-order chi connectivity index (χ0) is 27.5. The van der Waals surface area contributed by atoms with Gasteiger partial charge in [-0.15, -0.1) is 0 Å². The highest BCUT2D eigenvalue weighted by Crippen LogP contribution is 2.38. The summed E-state index contributed by atoms with van der Waals surface area (Å²) in [6.45, 7) is 0.0838. The summed E-state index contributed by atoms with van der Waals surface area (Å²) in [6.07, 6.45) is -0.385. The fourth-order valence-electron chi connectivity index (χ4n) is 3.63. The summed E-state index contributed by atoms with van der Waals surface area (Å²) in [5.74, 6) is 0.325. The van der Waals surface area contributed by atoms with Crippen LogP contribution in [-0.2, 0) is 16.1 Å². The smallest absolute Gasteiger partial charge is 0.303 e. The SMILES string of the molecule is COc1cc(CNC(=O)[C@H](CCC(=O)O)NC(=O)c2ccc(Oc3ccccc3)cc2)cc(OC)c1OC. The molecule has 2 amide bonds. The van der Waals surface area contributed by atoms with E-state index < -0.39 is 23.8 Å². The van der Waals surface area contributed by atoms with Crippen LogP contribution in [-0.4, -0.2) is 50.3 Å². The second kappa shape index (κ2) is 13.5. The van der Waals surface area contributed by atoms with Crippen LogP contribution >= 0.6 is 0 Å². The first-order valence-corrected chi connectivity index (χ1v) is 11.8. The number of carboxylic acid groups (broad SMARTS) is 1. The van der Waals surface area contributed by atoms with Crippen molar-refractivity contribution in [2.45, 2.75) is 25.4 Å². The second-order valence-electron chi connectivity index (χ2n) is 8.15. The Hall–Kier alpha value is -4.73. The minimum Gasteiger partial charge on any atom is -0.493 e. The van der Waals surface area contributed by atoms with E-state index in [4.69, 9.17) is 24.1 Å². The molecule has 3 aromatic rings. The summed E-state index contributed by atoms with van der Waals surface area (Å²) in [5.41, 5.74) is 0.952. The van der Waals surface area contributed by atoms with E-state index in [1.807, 2.05) is 30.3 Å². The highest BCUT2D eigenvalue weighted by Gasteiger charge is 2.23. The van der Waals surface area contributed by atoms with Crippen LogP contribution in [0.15, 0.2) is 66.7 Å². The summed E-state index contributed by atoms with van der Waals surface area (Å²) in [4.78, 5) is 37.0. The Kier molecular flexibility index (Phi) is 9.93. The van der Waals surface area contributed by atoms with Gasteiger partial charge in [0.15, 0.2) is 11.5 Å². The lowest BCUT2D eigenvalue weighted by atomic mass is 10.1. The van der Waals surface area contributed by atoms with E-state index in [1.54, 1.807) is 36.4 Å². The van der Waals surface area contributed by atoms with Crippen molar-refractivity contribution < 1.29 is 38.4 Å². The van der Waals surface area contributed by atoms with Crippen molar-refractivity contribution in [1.29, 1.82) is 0 Å². The van der Waals surface area contributed by atoms with Gasteiger partial charge in [-0.25, -0.2) is 0 Å². The summed E-state index contributed by atoms with van der Waals surface area (Å²) in [5, 5.41) is 14.5. The van der Waals surface area contributed by atoms with Crippen molar-refractivity contribution in [1.82, 2.24) is 10.6 Å². The van der Waals surface area contributed by atoms with Crippen LogP contribution in [0.3, 0.4) is 0 Å². The molecule has 0 aliphatic rings. The number of nitrogens with one attached hydrogen (secondary N) is 2. The van der Waals surface area contributed by atoms with Crippen molar-refractivity contribution in [3.05, 3.63) is 77.9 Å². The molecule has 0 unspecified atom stereocenters. The predicted octanol–water partition coefficient (Wildman–Crippen LogP) is 3.78. The molecule has 0 spiro atoms. The lowest BCUT2D eigenvalue weighted by Gasteiger charge is -2.19. The Morgan fingerprint density at radius 2 is 1.45 bits per heavy atom. The molecule has 3 rings (SSSR count). The molecule has 0 heterocycles. The standard InChI is InChI=1S/C28H30N2O8/c1-35-23-15-18(16-24(36-2)26(23)37-3)17-29-28(34)22(13-14-25(31)32)30-27(33)19-9-11-21(12-10-19)38-20-7-5-4-6-8-20/h4-12,15-16,22H,13-14,17H2,1-3H3,(H,29,34)(H,30,33)(H,31,32)/t22-/m0/s1. The summed E-state index contributed by atoms with van der Waals surface area (Å²) < 4.78 is 21.7. The monoisotopic (exact) mass is 522 g/mol. The molecule has 0 bridgehead atoms. The Morgan fingerprint density at radius 1 is 0.842 bits per heavy atom. The van der Waals surface area contributed by atoms with Crippen molar-refractivity contribution in [3.63, 3.8) is 0 Å². The van der Waals surface area contributed by atoms with Crippen LogP contribution in [0.25, 0.3) is 0 Å². The van der Waals surface area contributed by atoms with E-state index in [9.17, 15) is 14.4 Å². The van der Waals surface area contributed by atoms with Crippen LogP contribution in [0.1, 0.15) is 28.8 Å². The number of benzene rings is 3. The van der Waals surface area contributed by atoms with E-state index in [0.717, 1.165) is 0 Å². The van der Waals surface area contributed by atoms with E-state index in [0.29, 0.717) is 39.9 Å². The molecule has 0 radical (unpaired) electrons. The molecule has 0 aromatic heterocycles. The molecule has 1 atom stereocenters. The number of carbonyl (C=O) groups excluding carboxylic acids is 2. The number of methoxy groups -OCH3 is 3. The van der Waals surface area contributed by atoms with Crippen LogP contribution in [0.4, 0.5) is 0 Å². The van der Waals surface area contributed by atoms with Gasteiger partial charge in [-0.05, 0) is 60.5 Å². The van der Waals surface area contributed by atoms with Crippen LogP contribution < -0.4 is 29.6 Å². The lowest BCUT2D eigenvalue weighted by Crippen LogP contribution is -2.46. The molecule has 0 saturated heterocycles. The minimum absolute atomic E-state index is 0.0838. The number of aliphatic carboxylic acids is 1. The van der Waals surface area contributed by atoms with E-state index in [2.05, 4.69) is 10.6 Å². The van der Waals surface area contributed by atoms with Crippen LogP contribution in [0.2, 0.25) is 0 Å². The van der Waals surface area contributed by atoms with Gasteiger partial charge in [0.2, 0.25) is 11.7 Å². The molecule has 10 nitrogen and oxygen atoms in total. The predicted molar refractivity (Wildman–Crippen MR) is 139 cm³/mol. The third-order valence-electron chi connectivity index (χ3n) is 5.56. The van der Waals surface area contributed by atoms with Crippen LogP contribution in [0.5, 0.6) is 28.7 Å². The first-order chi connectivity index (χ1) is 18.3. The molecule has 0 fully saturated rings. The number of para-hydroxylation sites is 1. The van der Waals surface area contributed by atoms with E-state index in [1.165, 1.54) is 21.3 Å². The van der Waals surface area contributed by atoms with Gasteiger partial charge in [0, 0.05) is 18.5 Å². The Morgan fingerprint density at radius 3 is 2.00 bits per heavy atom. The number of rotatable bonds is 13. The topological polar surface area (TPSA) is 132 Å². The van der Waals surface area contributed by atoms with Crippen molar-refractivity contribution in [2.24, 2.45) is 0 Å². The summed E-state index contributed by atoms with van der Waals surface area (Å²) in [7, 11) is 4.45. The van der Waals surface area contributed by atoms with E-state index >= 15 is 0 Å². The maximum Gasteiger partial charge on any atom is 0.303 e. The minimum atomic E-state index is -1.08. The molecule has 0 aliphatic heterocycles. The first-order valence-electron chi connectivity index (χ1n) is 11.8. The fraction of sp³-hybridized carbons (Fsp3) is 0.250. The summed E-state index contributed by atoms with van der Waals surface area (Å²) >= 11 is 0. The number of hydrogen-bond acceptors (Lipinski definition) is 7. The largest absolute Gasteiger partial charge is 0.493 e. The number of carbonyl (C=O) groups is 3. The molecule has 0 aliphatic carbocycles. The number of ether oxygens (including phenoxy) is 4. The maximum absolute atomic E-state index is 13.0. The van der Waals surface area contributed by atoms with Gasteiger partial charge in [-0.2, -0.15) is 0 Å². The molecule has 10 heteroatoms. The van der Waals surface area contributed by atoms with Crippen molar-refractivity contribution >= 4 is 17.8 Å². The number of amides is 2. The molecule has 0 saturated carbocycles. The number of hydrogen-bond donors (Lipinski definition) is 3. The average molecular weight is 523 g/mol. The van der Waals surface area contributed by atoms with Gasteiger partial charge in [0.1, 0.15) is 17.5 Å². The molecule has 200 valence electrons. The van der Waals surface area contributed by atoms with E-state index in [-0.39, 0.29) is 19.4 Å². The summed E-state index contributed by atoms with van der Waals surface area (Å²) in [6, 6.07) is 17.9. The third kappa shape index (κ3) is 7.63. The molecular formula is C28H30N2O8. The number of carboxylic acids is 1. The van der Waals surface area contributed by atoms with Crippen molar-refractivity contribution in [3.8, 4) is 28.7 Å². The lowest BCUT2D eigenvalue weighted by molar-refractivity contribution is -0.137. The van der Waals surface area contributed by atoms with Gasteiger partial charge in [0.05, 0.1) is 21.3 Å². The average Bonchev–Trinajstić information content (AvgIpc) is 2.93. The second-order valence-corrected chi connectivity index (χ2v) is 8.15. The van der Waals surface area contributed by atoms with Gasteiger partial charge in [0.25, 0.3) is 5.91 Å². The molecule has 3 N–H and O–H groups in total. The Bertz CT molecular complexity index is 1220. The molecule has 38 heavy (non-hydrogen) atoms. The molecule has 3 aromatic carbocycles. The zero-order valence-electron chi connectivity index (χ0n) is 21.4. The quantitative estimate of drug-likeness (QED) is 0.309. The normalized spacial score (nSPS) is 11.1. The zero-order valence-corrected chi connectivity index (χ0v) is 21.4. The fourth-order valence-corrected chi connectivity index (χ4v) is 3.63. The highest BCUT2D eigenvalue weighted by atomic mass is 16.5.